The molecule has 1 N–H and O–H groups in total. The molecule has 2 aromatic rings. The van der Waals surface area contributed by atoms with Crippen LogP contribution in [0.1, 0.15) is 38.3 Å². The van der Waals surface area contributed by atoms with E-state index in [1.165, 1.54) is 12.1 Å². The van der Waals surface area contributed by atoms with Gasteiger partial charge in [0.15, 0.2) is 0 Å². The highest BCUT2D eigenvalue weighted by Gasteiger charge is 2.29. The Bertz CT molecular complexity index is 745. The Hall–Kier alpha value is -2.69. The summed E-state index contributed by atoms with van der Waals surface area (Å²) in [7, 11) is 0. The Morgan fingerprint density at radius 1 is 1.00 bits per heavy atom. The second-order valence-electron chi connectivity index (χ2n) is 6.87. The van der Waals surface area contributed by atoms with Gasteiger partial charge in [-0.1, -0.05) is 49.4 Å². The van der Waals surface area contributed by atoms with Crippen molar-refractivity contribution in [2.24, 2.45) is 0 Å². The van der Waals surface area contributed by atoms with Crippen molar-refractivity contribution in [2.75, 3.05) is 0 Å². The topological polar surface area (TPSA) is 49.4 Å². The van der Waals surface area contributed by atoms with Crippen LogP contribution in [0, 0.1) is 5.82 Å². The predicted octanol–water partition coefficient (Wildman–Crippen LogP) is 3.70. The standard InChI is InChI=1S/C22H27FN2O2/c1-4-21(26)25(15-18-10-12-19(23)13-11-18)20(22(27)24-16(2)3)14-17-8-6-5-7-9-17/h5-13,16,20H,4,14-15H2,1-3H3,(H,24,27)/t20-/m0/s1. The average Bonchev–Trinajstić information content (AvgIpc) is 2.65. The molecule has 0 radical (unpaired) electrons. The van der Waals surface area contributed by atoms with E-state index < -0.39 is 6.04 Å². The molecule has 0 heterocycles. The molecule has 0 saturated heterocycles. The highest BCUT2D eigenvalue weighted by molar-refractivity contribution is 5.88. The highest BCUT2D eigenvalue weighted by Crippen LogP contribution is 2.16. The summed E-state index contributed by atoms with van der Waals surface area (Å²) >= 11 is 0. The monoisotopic (exact) mass is 370 g/mol. The summed E-state index contributed by atoms with van der Waals surface area (Å²) in [6.45, 7) is 5.82. The molecule has 144 valence electrons. The summed E-state index contributed by atoms with van der Waals surface area (Å²) in [5, 5.41) is 2.92. The van der Waals surface area contributed by atoms with E-state index in [0.29, 0.717) is 12.8 Å². The Morgan fingerprint density at radius 3 is 2.19 bits per heavy atom. The first-order valence-corrected chi connectivity index (χ1v) is 9.29. The Labute approximate surface area is 160 Å². The molecular formula is C22H27FN2O2. The molecule has 2 amide bonds. The fourth-order valence-corrected chi connectivity index (χ4v) is 2.92. The van der Waals surface area contributed by atoms with Crippen molar-refractivity contribution in [3.63, 3.8) is 0 Å². The summed E-state index contributed by atoms with van der Waals surface area (Å²) in [4.78, 5) is 27.2. The third-order valence-electron chi connectivity index (χ3n) is 4.27. The molecule has 27 heavy (non-hydrogen) atoms. The number of nitrogens with zero attached hydrogens (tertiary/aromatic N) is 1. The summed E-state index contributed by atoms with van der Waals surface area (Å²) in [5.41, 5.74) is 1.77. The summed E-state index contributed by atoms with van der Waals surface area (Å²) in [6, 6.07) is 15.0. The predicted molar refractivity (Wildman–Crippen MR) is 104 cm³/mol. The number of hydrogen-bond donors (Lipinski definition) is 1. The lowest BCUT2D eigenvalue weighted by Gasteiger charge is -2.32. The Kier molecular flexibility index (Phi) is 7.53. The molecule has 0 aliphatic carbocycles. The minimum atomic E-state index is -0.632. The van der Waals surface area contributed by atoms with Crippen LogP contribution in [0.4, 0.5) is 4.39 Å². The third-order valence-corrected chi connectivity index (χ3v) is 4.27. The van der Waals surface area contributed by atoms with Gasteiger partial charge in [-0.25, -0.2) is 4.39 Å². The summed E-state index contributed by atoms with van der Waals surface area (Å²) in [5.74, 6) is -0.623. The normalized spacial score (nSPS) is 11.9. The van der Waals surface area contributed by atoms with Gasteiger partial charge < -0.3 is 10.2 Å². The van der Waals surface area contributed by atoms with Gasteiger partial charge in [0.2, 0.25) is 11.8 Å². The number of hydrogen-bond acceptors (Lipinski definition) is 2. The molecule has 2 rings (SSSR count). The van der Waals surface area contributed by atoms with E-state index in [2.05, 4.69) is 5.32 Å². The van der Waals surface area contributed by atoms with E-state index in [9.17, 15) is 14.0 Å². The maximum absolute atomic E-state index is 13.2. The number of rotatable bonds is 8. The van der Waals surface area contributed by atoms with Crippen LogP contribution in [0.25, 0.3) is 0 Å². The van der Waals surface area contributed by atoms with Gasteiger partial charge in [0.1, 0.15) is 11.9 Å². The summed E-state index contributed by atoms with van der Waals surface area (Å²) in [6.07, 6.45) is 0.716. The molecule has 0 aliphatic heterocycles. The number of benzene rings is 2. The number of amides is 2. The molecule has 0 unspecified atom stereocenters. The first kappa shape index (κ1) is 20.6. The molecule has 5 heteroatoms. The number of carbonyl (C=O) groups excluding carboxylic acids is 2. The van der Waals surface area contributed by atoms with Gasteiger partial charge in [-0.15, -0.1) is 0 Å². The van der Waals surface area contributed by atoms with Crippen molar-refractivity contribution >= 4 is 11.8 Å². The second-order valence-corrected chi connectivity index (χ2v) is 6.87. The number of carbonyl (C=O) groups is 2. The maximum atomic E-state index is 13.2. The van der Waals surface area contributed by atoms with Crippen molar-refractivity contribution in [3.05, 3.63) is 71.5 Å². The van der Waals surface area contributed by atoms with Crippen molar-refractivity contribution in [1.82, 2.24) is 10.2 Å². The van der Waals surface area contributed by atoms with Crippen LogP contribution < -0.4 is 5.32 Å². The molecule has 0 aliphatic rings. The van der Waals surface area contributed by atoms with Gasteiger partial charge in [-0.3, -0.25) is 9.59 Å². The molecule has 0 fully saturated rings. The van der Waals surface area contributed by atoms with E-state index in [1.807, 2.05) is 44.2 Å². The third kappa shape index (κ3) is 6.20. The first-order chi connectivity index (χ1) is 12.9. The lowest BCUT2D eigenvalue weighted by atomic mass is 10.0. The van der Waals surface area contributed by atoms with E-state index in [4.69, 9.17) is 0 Å². The fraction of sp³-hybridized carbons (Fsp3) is 0.364. The van der Waals surface area contributed by atoms with Crippen LogP contribution in [-0.2, 0) is 22.6 Å². The number of halogens is 1. The average molecular weight is 370 g/mol. The molecule has 0 bridgehead atoms. The van der Waals surface area contributed by atoms with Crippen LogP contribution in [0.3, 0.4) is 0 Å². The Morgan fingerprint density at radius 2 is 1.63 bits per heavy atom. The molecule has 0 aromatic heterocycles. The van der Waals surface area contributed by atoms with E-state index >= 15 is 0 Å². The van der Waals surface area contributed by atoms with Crippen LogP contribution in [-0.4, -0.2) is 28.8 Å². The van der Waals surface area contributed by atoms with Crippen LogP contribution in [0.5, 0.6) is 0 Å². The molecule has 4 nitrogen and oxygen atoms in total. The van der Waals surface area contributed by atoms with Gasteiger partial charge in [0.05, 0.1) is 0 Å². The van der Waals surface area contributed by atoms with Crippen molar-refractivity contribution in [1.29, 1.82) is 0 Å². The molecular weight excluding hydrogens is 343 g/mol. The van der Waals surface area contributed by atoms with Gasteiger partial charge in [0.25, 0.3) is 0 Å². The van der Waals surface area contributed by atoms with Crippen LogP contribution in [0.2, 0.25) is 0 Å². The molecule has 0 saturated carbocycles. The smallest absolute Gasteiger partial charge is 0.243 e. The van der Waals surface area contributed by atoms with Gasteiger partial charge in [-0.05, 0) is 37.1 Å². The quantitative estimate of drug-likeness (QED) is 0.770. The zero-order valence-corrected chi connectivity index (χ0v) is 16.1. The number of nitrogens with one attached hydrogen (secondary N) is 1. The van der Waals surface area contributed by atoms with Crippen molar-refractivity contribution < 1.29 is 14.0 Å². The Balaban J connectivity index is 2.33. The van der Waals surface area contributed by atoms with E-state index in [1.54, 1.807) is 24.0 Å². The lowest BCUT2D eigenvalue weighted by Crippen LogP contribution is -2.51. The summed E-state index contributed by atoms with van der Waals surface area (Å²) < 4.78 is 13.2. The lowest BCUT2D eigenvalue weighted by molar-refractivity contribution is -0.141. The zero-order valence-electron chi connectivity index (χ0n) is 16.1. The van der Waals surface area contributed by atoms with E-state index in [0.717, 1.165) is 11.1 Å². The zero-order chi connectivity index (χ0) is 19.8. The van der Waals surface area contributed by atoms with Crippen LogP contribution in [0.15, 0.2) is 54.6 Å². The van der Waals surface area contributed by atoms with Crippen molar-refractivity contribution in [2.45, 2.75) is 52.2 Å². The van der Waals surface area contributed by atoms with Crippen LogP contribution >= 0.6 is 0 Å². The maximum Gasteiger partial charge on any atom is 0.243 e. The van der Waals surface area contributed by atoms with Gasteiger partial charge in [-0.2, -0.15) is 0 Å². The fourth-order valence-electron chi connectivity index (χ4n) is 2.92. The first-order valence-electron chi connectivity index (χ1n) is 9.29. The molecule has 2 aromatic carbocycles. The largest absolute Gasteiger partial charge is 0.352 e. The SMILES string of the molecule is CCC(=O)N(Cc1ccc(F)cc1)[C@@H](Cc1ccccc1)C(=O)NC(C)C. The highest BCUT2D eigenvalue weighted by atomic mass is 19.1. The molecule has 1 atom stereocenters. The van der Waals surface area contributed by atoms with Gasteiger partial charge in [0, 0.05) is 25.4 Å². The van der Waals surface area contributed by atoms with Gasteiger partial charge >= 0.3 is 0 Å². The second kappa shape index (κ2) is 9.86. The minimum Gasteiger partial charge on any atom is -0.352 e. The minimum absolute atomic E-state index is 0.0276. The molecule has 0 spiro atoms. The van der Waals surface area contributed by atoms with E-state index in [-0.39, 0.29) is 30.2 Å². The van der Waals surface area contributed by atoms with Crippen molar-refractivity contribution in [3.8, 4) is 0 Å².